The lowest BCUT2D eigenvalue weighted by Gasteiger charge is -2.24. The number of carbonyl (C=O) groups is 1. The zero-order valence-electron chi connectivity index (χ0n) is 12.8. The van der Waals surface area contributed by atoms with Crippen LogP contribution in [0.3, 0.4) is 0 Å². The minimum Gasteiger partial charge on any atom is -0.383 e. The van der Waals surface area contributed by atoms with E-state index in [0.717, 1.165) is 10.6 Å². The van der Waals surface area contributed by atoms with E-state index in [1.54, 1.807) is 6.92 Å². The van der Waals surface area contributed by atoms with Crippen molar-refractivity contribution in [2.75, 3.05) is 30.8 Å². The molecule has 0 saturated heterocycles. The van der Waals surface area contributed by atoms with E-state index in [1.165, 1.54) is 19.2 Å². The van der Waals surface area contributed by atoms with Gasteiger partial charge in [-0.05, 0) is 19.1 Å². The Morgan fingerprint density at radius 2 is 1.83 bits per heavy atom. The van der Waals surface area contributed by atoms with Crippen LogP contribution in [-0.4, -0.2) is 46.9 Å². The highest BCUT2D eigenvalue weighted by atomic mass is 35.5. The van der Waals surface area contributed by atoms with Crippen LogP contribution < -0.4 is 9.62 Å². The molecule has 0 fully saturated rings. The normalized spacial score (nSPS) is 12.8. The number of methoxy groups -OCH3 is 1. The SMILES string of the molecule is COC[C@@H](C)NC(=O)CN(c1cc(Cl)c(Cl)cc1Cl)S(C)(=O)=O. The molecule has 1 rings (SSSR count). The van der Waals surface area contributed by atoms with E-state index < -0.39 is 22.5 Å². The molecular formula is C13H17Cl3N2O4S. The highest BCUT2D eigenvalue weighted by Gasteiger charge is 2.24. The van der Waals surface area contributed by atoms with Crippen LogP contribution in [0.2, 0.25) is 15.1 Å². The molecule has 0 aliphatic carbocycles. The van der Waals surface area contributed by atoms with Gasteiger partial charge in [0.15, 0.2) is 0 Å². The molecule has 0 aromatic heterocycles. The summed E-state index contributed by atoms with van der Waals surface area (Å²) in [5, 5.41) is 3.02. The molecular weight excluding hydrogens is 387 g/mol. The van der Waals surface area contributed by atoms with Crippen LogP contribution in [0.25, 0.3) is 0 Å². The lowest BCUT2D eigenvalue weighted by Crippen LogP contribution is -2.44. The van der Waals surface area contributed by atoms with Crippen molar-refractivity contribution in [3.63, 3.8) is 0 Å². The minimum absolute atomic E-state index is 0.0718. The topological polar surface area (TPSA) is 75.7 Å². The van der Waals surface area contributed by atoms with Crippen molar-refractivity contribution in [2.24, 2.45) is 0 Å². The van der Waals surface area contributed by atoms with Gasteiger partial charge in [-0.3, -0.25) is 9.10 Å². The Balaban J connectivity index is 3.08. The summed E-state index contributed by atoms with van der Waals surface area (Å²) >= 11 is 17.8. The first kappa shape index (κ1) is 20.3. The Morgan fingerprint density at radius 1 is 1.26 bits per heavy atom. The van der Waals surface area contributed by atoms with E-state index in [2.05, 4.69) is 5.32 Å². The summed E-state index contributed by atoms with van der Waals surface area (Å²) in [6, 6.07) is 2.36. The Labute approximate surface area is 150 Å². The second-order valence-corrected chi connectivity index (χ2v) is 8.04. The van der Waals surface area contributed by atoms with Gasteiger partial charge in [-0.1, -0.05) is 34.8 Å². The number of ether oxygens (including phenoxy) is 1. The molecule has 0 unspecified atom stereocenters. The van der Waals surface area contributed by atoms with Gasteiger partial charge in [0.1, 0.15) is 6.54 Å². The molecule has 1 aromatic rings. The standard InChI is InChI=1S/C13H17Cl3N2O4S/c1-8(7-22-2)17-13(19)6-18(23(3,20)21)12-5-10(15)9(14)4-11(12)16/h4-5,8H,6-7H2,1-3H3,(H,17,19)/t8-/m1/s1. The maximum atomic E-state index is 12.0. The van der Waals surface area contributed by atoms with Crippen LogP contribution in [0.1, 0.15) is 6.92 Å². The van der Waals surface area contributed by atoms with E-state index in [0.29, 0.717) is 6.61 Å². The first-order valence-corrected chi connectivity index (χ1v) is 9.45. The van der Waals surface area contributed by atoms with Crippen LogP contribution in [0.4, 0.5) is 5.69 Å². The fourth-order valence-corrected chi connectivity index (χ4v) is 3.38. The van der Waals surface area contributed by atoms with Gasteiger partial charge in [0.2, 0.25) is 15.9 Å². The van der Waals surface area contributed by atoms with Crippen LogP contribution in [-0.2, 0) is 19.6 Å². The molecule has 130 valence electrons. The lowest BCUT2D eigenvalue weighted by molar-refractivity contribution is -0.120. The predicted molar refractivity (Wildman–Crippen MR) is 93.1 cm³/mol. The average Bonchev–Trinajstić information content (AvgIpc) is 2.39. The van der Waals surface area contributed by atoms with Gasteiger partial charge >= 0.3 is 0 Å². The molecule has 6 nitrogen and oxygen atoms in total. The van der Waals surface area contributed by atoms with Crippen molar-refractivity contribution >= 4 is 56.4 Å². The fraction of sp³-hybridized carbons (Fsp3) is 0.462. The number of carbonyl (C=O) groups excluding carboxylic acids is 1. The summed E-state index contributed by atoms with van der Waals surface area (Å²) in [6.07, 6.45) is 0.970. The number of nitrogens with one attached hydrogen (secondary N) is 1. The number of halogens is 3. The second kappa shape index (κ2) is 8.39. The summed E-state index contributed by atoms with van der Waals surface area (Å²) in [7, 11) is -2.26. The van der Waals surface area contributed by atoms with Crippen molar-refractivity contribution in [3.05, 3.63) is 27.2 Å². The van der Waals surface area contributed by atoms with Crippen molar-refractivity contribution in [1.82, 2.24) is 5.32 Å². The van der Waals surface area contributed by atoms with Crippen molar-refractivity contribution < 1.29 is 17.9 Å². The Bertz CT molecular complexity index is 682. The number of amides is 1. The van der Waals surface area contributed by atoms with Crippen LogP contribution in [0.15, 0.2) is 12.1 Å². The van der Waals surface area contributed by atoms with Crippen LogP contribution in [0, 0.1) is 0 Å². The molecule has 0 aliphatic rings. The van der Waals surface area contributed by atoms with Crippen molar-refractivity contribution in [2.45, 2.75) is 13.0 Å². The van der Waals surface area contributed by atoms with Gasteiger partial charge in [-0.25, -0.2) is 8.42 Å². The van der Waals surface area contributed by atoms with E-state index in [1.807, 2.05) is 0 Å². The molecule has 0 saturated carbocycles. The highest BCUT2D eigenvalue weighted by Crippen LogP contribution is 2.35. The Morgan fingerprint density at radius 3 is 2.35 bits per heavy atom. The number of anilines is 1. The zero-order chi connectivity index (χ0) is 17.8. The third kappa shape index (κ3) is 6.00. The highest BCUT2D eigenvalue weighted by molar-refractivity contribution is 7.92. The van der Waals surface area contributed by atoms with Gasteiger partial charge in [0.25, 0.3) is 0 Å². The number of hydrogen-bond acceptors (Lipinski definition) is 4. The summed E-state index contributed by atoms with van der Waals surface area (Å²) < 4.78 is 29.8. The van der Waals surface area contributed by atoms with Gasteiger partial charge in [0, 0.05) is 13.2 Å². The molecule has 0 radical (unpaired) electrons. The number of benzene rings is 1. The quantitative estimate of drug-likeness (QED) is 0.710. The third-order valence-electron chi connectivity index (χ3n) is 2.77. The maximum absolute atomic E-state index is 12.0. The lowest BCUT2D eigenvalue weighted by atomic mass is 10.3. The summed E-state index contributed by atoms with van der Waals surface area (Å²) in [5.74, 6) is -0.498. The molecule has 0 bridgehead atoms. The smallest absolute Gasteiger partial charge is 0.241 e. The fourth-order valence-electron chi connectivity index (χ4n) is 1.83. The molecule has 0 heterocycles. The number of sulfonamides is 1. The molecule has 1 N–H and O–H groups in total. The van der Waals surface area contributed by atoms with E-state index in [4.69, 9.17) is 39.5 Å². The van der Waals surface area contributed by atoms with Crippen molar-refractivity contribution in [1.29, 1.82) is 0 Å². The second-order valence-electron chi connectivity index (χ2n) is 4.91. The predicted octanol–water partition coefficient (Wildman–Crippen LogP) is 2.56. The van der Waals surface area contributed by atoms with Crippen molar-refractivity contribution in [3.8, 4) is 0 Å². The molecule has 0 aliphatic heterocycles. The summed E-state index contributed by atoms with van der Waals surface area (Å²) in [6.45, 7) is 1.60. The van der Waals surface area contributed by atoms with Crippen LogP contribution in [0.5, 0.6) is 0 Å². The van der Waals surface area contributed by atoms with Gasteiger partial charge in [-0.2, -0.15) is 0 Å². The number of hydrogen-bond donors (Lipinski definition) is 1. The maximum Gasteiger partial charge on any atom is 0.241 e. The molecule has 23 heavy (non-hydrogen) atoms. The first-order valence-electron chi connectivity index (χ1n) is 6.46. The van der Waals surface area contributed by atoms with Crippen LogP contribution >= 0.6 is 34.8 Å². The van der Waals surface area contributed by atoms with E-state index >= 15 is 0 Å². The zero-order valence-corrected chi connectivity index (χ0v) is 15.9. The minimum atomic E-state index is -3.76. The molecule has 1 aromatic carbocycles. The first-order chi connectivity index (χ1) is 10.6. The third-order valence-corrected chi connectivity index (χ3v) is 4.92. The molecule has 1 amide bonds. The summed E-state index contributed by atoms with van der Waals surface area (Å²) in [4.78, 5) is 12.0. The van der Waals surface area contributed by atoms with Gasteiger partial charge in [0.05, 0.1) is 33.6 Å². The number of nitrogens with zero attached hydrogens (tertiary/aromatic N) is 1. The van der Waals surface area contributed by atoms with Gasteiger partial charge < -0.3 is 10.1 Å². The monoisotopic (exact) mass is 402 g/mol. The largest absolute Gasteiger partial charge is 0.383 e. The van der Waals surface area contributed by atoms with Gasteiger partial charge in [-0.15, -0.1) is 0 Å². The molecule has 1 atom stereocenters. The Kier molecular flexibility index (Phi) is 7.41. The molecule has 0 spiro atoms. The number of rotatable bonds is 7. The summed E-state index contributed by atoms with van der Waals surface area (Å²) in [5.41, 5.74) is 0.0816. The Hall–Kier alpha value is -0.730. The van der Waals surface area contributed by atoms with E-state index in [-0.39, 0.29) is 26.8 Å². The average molecular weight is 404 g/mol. The molecule has 10 heteroatoms. The van der Waals surface area contributed by atoms with E-state index in [9.17, 15) is 13.2 Å².